The second-order valence-electron chi connectivity index (χ2n) is 4.98. The number of aromatic nitrogens is 1. The largest absolute Gasteiger partial charge is 0.480 e. The van der Waals surface area contributed by atoms with Gasteiger partial charge in [-0.05, 0) is 18.1 Å². The Morgan fingerprint density at radius 3 is 2.81 bits per heavy atom. The molecule has 0 fully saturated rings. The Labute approximate surface area is 126 Å². The molecule has 1 amide bonds. The van der Waals surface area contributed by atoms with E-state index in [1.807, 2.05) is 13.8 Å². The van der Waals surface area contributed by atoms with Crippen molar-refractivity contribution in [3.8, 4) is 10.8 Å². The maximum atomic E-state index is 12.4. The first-order valence-electron chi connectivity index (χ1n) is 6.48. The first-order valence-corrected chi connectivity index (χ1v) is 7.29. The minimum atomic E-state index is -1.03. The van der Waals surface area contributed by atoms with Crippen LogP contribution in [0.15, 0.2) is 29.0 Å². The molecule has 0 aliphatic carbocycles. The smallest absolute Gasteiger partial charge is 0.323 e. The number of carboxylic acid groups (broad SMARTS) is 1. The Bertz CT molecular complexity index is 619. The summed E-state index contributed by atoms with van der Waals surface area (Å²) in [6, 6.07) is 3.50. The summed E-state index contributed by atoms with van der Waals surface area (Å²) in [5, 5.41) is 9.53. The minimum absolute atomic E-state index is 0.186. The summed E-state index contributed by atoms with van der Waals surface area (Å²) in [5.74, 6) is -0.570. The van der Waals surface area contributed by atoms with E-state index >= 15 is 0 Å². The molecule has 0 aromatic carbocycles. The highest BCUT2D eigenvalue weighted by atomic mass is 32.1. The SMILES string of the molecule is CC(C)CN(CC(=O)O)C(=O)c1cnc(-c2ccco2)s1. The molecule has 0 unspecified atom stereocenters. The van der Waals surface area contributed by atoms with Crippen LogP contribution < -0.4 is 0 Å². The summed E-state index contributed by atoms with van der Waals surface area (Å²) in [4.78, 5) is 29.2. The average molecular weight is 308 g/mol. The van der Waals surface area contributed by atoms with Crippen molar-refractivity contribution in [1.29, 1.82) is 0 Å². The maximum absolute atomic E-state index is 12.4. The highest BCUT2D eigenvalue weighted by Crippen LogP contribution is 2.26. The molecule has 21 heavy (non-hydrogen) atoms. The predicted octanol–water partition coefficient (Wildman–Crippen LogP) is 2.59. The van der Waals surface area contributed by atoms with E-state index in [1.165, 1.54) is 28.7 Å². The van der Waals surface area contributed by atoms with Crippen LogP contribution in [0.3, 0.4) is 0 Å². The predicted molar refractivity (Wildman–Crippen MR) is 78.2 cm³/mol. The number of thiazole rings is 1. The molecule has 0 aliphatic heterocycles. The number of aliphatic carboxylic acids is 1. The van der Waals surface area contributed by atoms with Gasteiger partial charge in [0.25, 0.3) is 5.91 Å². The number of hydrogen-bond donors (Lipinski definition) is 1. The molecule has 0 radical (unpaired) electrons. The van der Waals surface area contributed by atoms with Crippen molar-refractivity contribution < 1.29 is 19.1 Å². The van der Waals surface area contributed by atoms with Crippen LogP contribution in [0.1, 0.15) is 23.5 Å². The highest BCUT2D eigenvalue weighted by molar-refractivity contribution is 7.16. The van der Waals surface area contributed by atoms with Crippen molar-refractivity contribution in [2.75, 3.05) is 13.1 Å². The molecule has 2 heterocycles. The van der Waals surface area contributed by atoms with E-state index in [1.54, 1.807) is 12.1 Å². The minimum Gasteiger partial charge on any atom is -0.480 e. The molecule has 0 bridgehead atoms. The molecule has 2 aromatic rings. The summed E-state index contributed by atoms with van der Waals surface area (Å²) in [6.07, 6.45) is 2.99. The number of carbonyl (C=O) groups excluding carboxylic acids is 1. The first kappa shape index (κ1) is 15.2. The molecule has 0 atom stereocenters. The number of rotatable bonds is 6. The van der Waals surface area contributed by atoms with Crippen LogP contribution in [0.25, 0.3) is 10.8 Å². The number of carbonyl (C=O) groups is 2. The molecular formula is C14H16N2O4S. The van der Waals surface area contributed by atoms with Gasteiger partial charge in [-0.15, -0.1) is 11.3 Å². The molecule has 6 nitrogen and oxygen atoms in total. The van der Waals surface area contributed by atoms with Crippen LogP contribution >= 0.6 is 11.3 Å². The zero-order valence-electron chi connectivity index (χ0n) is 11.8. The van der Waals surface area contributed by atoms with Gasteiger partial charge >= 0.3 is 5.97 Å². The van der Waals surface area contributed by atoms with Gasteiger partial charge in [-0.3, -0.25) is 9.59 Å². The second-order valence-corrected chi connectivity index (χ2v) is 6.01. The van der Waals surface area contributed by atoms with Gasteiger partial charge in [0.1, 0.15) is 11.4 Å². The van der Waals surface area contributed by atoms with E-state index in [0.29, 0.717) is 22.2 Å². The van der Waals surface area contributed by atoms with Crippen LogP contribution in [0.5, 0.6) is 0 Å². The van der Waals surface area contributed by atoms with Gasteiger partial charge in [0.05, 0.1) is 12.5 Å². The summed E-state index contributed by atoms with van der Waals surface area (Å²) < 4.78 is 5.23. The third kappa shape index (κ3) is 3.91. The lowest BCUT2D eigenvalue weighted by atomic mass is 10.2. The zero-order valence-corrected chi connectivity index (χ0v) is 12.6. The Hall–Kier alpha value is -2.15. The van der Waals surface area contributed by atoms with Gasteiger partial charge in [-0.2, -0.15) is 0 Å². The number of hydrogen-bond acceptors (Lipinski definition) is 5. The third-order valence-corrected chi connectivity index (χ3v) is 3.65. The molecule has 1 N–H and O–H groups in total. The van der Waals surface area contributed by atoms with Crippen LogP contribution in [0.4, 0.5) is 0 Å². The lowest BCUT2D eigenvalue weighted by molar-refractivity contribution is -0.137. The van der Waals surface area contributed by atoms with Crippen molar-refractivity contribution in [2.45, 2.75) is 13.8 Å². The monoisotopic (exact) mass is 308 g/mol. The van der Waals surface area contributed by atoms with Gasteiger partial charge in [0.2, 0.25) is 0 Å². The fourth-order valence-corrected chi connectivity index (χ4v) is 2.72. The van der Waals surface area contributed by atoms with Gasteiger partial charge < -0.3 is 14.4 Å². The summed E-state index contributed by atoms with van der Waals surface area (Å²) in [7, 11) is 0. The van der Waals surface area contributed by atoms with Crippen molar-refractivity contribution in [3.05, 3.63) is 29.5 Å². The third-order valence-electron chi connectivity index (χ3n) is 2.65. The summed E-state index contributed by atoms with van der Waals surface area (Å²) >= 11 is 1.19. The number of nitrogens with zero attached hydrogens (tertiary/aromatic N) is 2. The van der Waals surface area contributed by atoms with Crippen LogP contribution in [-0.2, 0) is 4.79 Å². The quantitative estimate of drug-likeness (QED) is 0.886. The molecule has 0 saturated carbocycles. The molecule has 2 rings (SSSR count). The molecule has 0 spiro atoms. The fraction of sp³-hybridized carbons (Fsp3) is 0.357. The topological polar surface area (TPSA) is 83.6 Å². The average Bonchev–Trinajstić information content (AvgIpc) is 3.06. The van der Waals surface area contributed by atoms with Gasteiger partial charge in [0, 0.05) is 6.54 Å². The van der Waals surface area contributed by atoms with Gasteiger partial charge in [-0.25, -0.2) is 4.98 Å². The van der Waals surface area contributed by atoms with Crippen LogP contribution in [0.2, 0.25) is 0 Å². The van der Waals surface area contributed by atoms with Crippen molar-refractivity contribution in [1.82, 2.24) is 9.88 Å². The van der Waals surface area contributed by atoms with E-state index in [2.05, 4.69) is 4.98 Å². The number of amides is 1. The van der Waals surface area contributed by atoms with E-state index < -0.39 is 5.97 Å². The van der Waals surface area contributed by atoms with Crippen LogP contribution in [0, 0.1) is 5.92 Å². The maximum Gasteiger partial charge on any atom is 0.323 e. The van der Waals surface area contributed by atoms with E-state index in [-0.39, 0.29) is 18.4 Å². The van der Waals surface area contributed by atoms with Crippen molar-refractivity contribution >= 4 is 23.2 Å². The van der Waals surface area contributed by atoms with E-state index in [9.17, 15) is 9.59 Å². The lowest BCUT2D eigenvalue weighted by Crippen LogP contribution is -2.37. The molecule has 112 valence electrons. The van der Waals surface area contributed by atoms with Gasteiger partial charge in [-0.1, -0.05) is 13.8 Å². The van der Waals surface area contributed by atoms with E-state index in [0.717, 1.165) is 0 Å². The zero-order chi connectivity index (χ0) is 15.4. The summed E-state index contributed by atoms with van der Waals surface area (Å²) in [6.45, 7) is 3.94. The fourth-order valence-electron chi connectivity index (χ4n) is 1.87. The number of furan rings is 1. The van der Waals surface area contributed by atoms with Crippen molar-refractivity contribution in [2.24, 2.45) is 5.92 Å². The normalized spacial score (nSPS) is 10.8. The molecule has 0 saturated heterocycles. The molecule has 7 heteroatoms. The van der Waals surface area contributed by atoms with Crippen LogP contribution in [-0.4, -0.2) is 40.0 Å². The Morgan fingerprint density at radius 2 is 2.24 bits per heavy atom. The number of carboxylic acids is 1. The Balaban J connectivity index is 2.18. The Morgan fingerprint density at radius 1 is 1.48 bits per heavy atom. The standard InChI is InChI=1S/C14H16N2O4S/c1-9(2)7-16(8-12(17)18)14(19)11-6-15-13(21-11)10-4-3-5-20-10/h3-6,9H,7-8H2,1-2H3,(H,17,18). The molecule has 0 aliphatic rings. The molecular weight excluding hydrogens is 292 g/mol. The summed E-state index contributed by atoms with van der Waals surface area (Å²) in [5.41, 5.74) is 0. The highest BCUT2D eigenvalue weighted by Gasteiger charge is 2.22. The first-order chi connectivity index (χ1) is 9.97. The van der Waals surface area contributed by atoms with Gasteiger partial charge in [0.15, 0.2) is 10.8 Å². The lowest BCUT2D eigenvalue weighted by Gasteiger charge is -2.21. The second kappa shape index (κ2) is 6.53. The molecule has 2 aromatic heterocycles. The van der Waals surface area contributed by atoms with E-state index in [4.69, 9.17) is 9.52 Å². The van der Waals surface area contributed by atoms with Crippen molar-refractivity contribution in [3.63, 3.8) is 0 Å². The Kier molecular flexibility index (Phi) is 4.74.